The first-order chi connectivity index (χ1) is 8.08. The van der Waals surface area contributed by atoms with Crippen molar-refractivity contribution in [1.82, 2.24) is 4.37 Å². The lowest BCUT2D eigenvalue weighted by atomic mass is 10.2. The second-order valence-electron chi connectivity index (χ2n) is 2.93. The van der Waals surface area contributed by atoms with E-state index in [2.05, 4.69) is 25.3 Å². The summed E-state index contributed by atoms with van der Waals surface area (Å²) in [4.78, 5) is 15.1. The third-order valence-corrected chi connectivity index (χ3v) is 4.67. The number of hydrogen-bond donors (Lipinski definition) is 1. The van der Waals surface area contributed by atoms with Crippen LogP contribution < -0.4 is 4.67 Å². The molecule has 1 aromatic carbocycles. The number of benzene rings is 1. The second-order valence-corrected chi connectivity index (χ2v) is 5.97. The van der Waals surface area contributed by atoms with Gasteiger partial charge in [0.2, 0.25) is 0 Å². The van der Waals surface area contributed by atoms with E-state index in [0.29, 0.717) is 20.0 Å². The molecule has 0 aliphatic rings. The standard InChI is InChI=1S/C9H4BrClN2O2S2/c10-5-2-1-4(9(14)15)3-6(5)12-8-7(11)13-17-16-8/h1-3H,(H,14,15). The van der Waals surface area contributed by atoms with Crippen LogP contribution in [0.25, 0.3) is 0 Å². The first-order valence-electron chi connectivity index (χ1n) is 4.27. The molecule has 8 heteroatoms. The Hall–Kier alpha value is -0.760. The smallest absolute Gasteiger partial charge is 0.335 e. The van der Waals surface area contributed by atoms with Gasteiger partial charge in [0.05, 0.1) is 11.3 Å². The minimum Gasteiger partial charge on any atom is -0.478 e. The quantitative estimate of drug-likeness (QED) is 0.842. The number of halogens is 2. The van der Waals surface area contributed by atoms with Gasteiger partial charge in [-0.2, -0.15) is 4.37 Å². The van der Waals surface area contributed by atoms with E-state index in [0.717, 1.165) is 0 Å². The summed E-state index contributed by atoms with van der Waals surface area (Å²) in [7, 11) is 2.57. The molecule has 0 aliphatic heterocycles. The Balaban J connectivity index is 2.56. The molecule has 0 aliphatic carbocycles. The van der Waals surface area contributed by atoms with Crippen LogP contribution in [0.5, 0.6) is 0 Å². The van der Waals surface area contributed by atoms with Crippen molar-refractivity contribution >= 4 is 60.1 Å². The molecule has 0 fully saturated rings. The highest BCUT2D eigenvalue weighted by Gasteiger charge is 2.07. The minimum absolute atomic E-state index is 0.177. The van der Waals surface area contributed by atoms with E-state index >= 15 is 0 Å². The van der Waals surface area contributed by atoms with Crippen molar-refractivity contribution in [1.29, 1.82) is 0 Å². The fourth-order valence-electron chi connectivity index (χ4n) is 1.07. The number of carboxylic acids is 1. The molecule has 17 heavy (non-hydrogen) atoms. The Kier molecular flexibility index (Phi) is 3.93. The third-order valence-electron chi connectivity index (χ3n) is 1.83. The van der Waals surface area contributed by atoms with Crippen LogP contribution in [-0.4, -0.2) is 15.4 Å². The number of rotatable bonds is 2. The zero-order valence-electron chi connectivity index (χ0n) is 8.05. The molecule has 2 rings (SSSR count). The van der Waals surface area contributed by atoms with E-state index in [9.17, 15) is 4.79 Å². The average Bonchev–Trinajstić information content (AvgIpc) is 2.67. The Morgan fingerprint density at radius 1 is 1.53 bits per heavy atom. The molecule has 0 bridgehead atoms. The number of hydrogen-bond acceptors (Lipinski definition) is 5. The fraction of sp³-hybridized carbons (Fsp3) is 0. The number of aromatic carboxylic acids is 1. The number of carboxylic acid groups (broad SMARTS) is 1. The fourth-order valence-corrected chi connectivity index (χ4v) is 3.39. The normalized spacial score (nSPS) is 11.8. The second kappa shape index (κ2) is 5.26. The van der Waals surface area contributed by atoms with E-state index in [4.69, 9.17) is 16.7 Å². The van der Waals surface area contributed by atoms with Gasteiger partial charge in [-0.15, -0.1) is 0 Å². The van der Waals surface area contributed by atoms with Crippen molar-refractivity contribution in [3.63, 3.8) is 0 Å². The molecule has 0 saturated carbocycles. The van der Waals surface area contributed by atoms with E-state index in [1.165, 1.54) is 33.0 Å². The van der Waals surface area contributed by atoms with Crippen LogP contribution in [0, 0.1) is 0 Å². The van der Waals surface area contributed by atoms with Gasteiger partial charge in [0.15, 0.2) is 9.82 Å². The molecule has 0 saturated heterocycles. The monoisotopic (exact) mass is 350 g/mol. The lowest BCUT2D eigenvalue weighted by Gasteiger charge is -1.99. The average molecular weight is 352 g/mol. The number of nitrogens with zero attached hydrogens (tertiary/aromatic N) is 2. The van der Waals surface area contributed by atoms with Crippen molar-refractivity contribution < 1.29 is 9.90 Å². The summed E-state index contributed by atoms with van der Waals surface area (Å²) < 4.78 is 5.18. The van der Waals surface area contributed by atoms with Crippen molar-refractivity contribution in [2.75, 3.05) is 0 Å². The zero-order valence-corrected chi connectivity index (χ0v) is 12.0. The van der Waals surface area contributed by atoms with Crippen LogP contribution in [0.4, 0.5) is 5.69 Å². The summed E-state index contributed by atoms with van der Waals surface area (Å²) in [5.74, 6) is -0.993. The Labute approximate surface area is 117 Å². The molecule has 88 valence electrons. The van der Waals surface area contributed by atoms with E-state index in [1.807, 2.05) is 0 Å². The van der Waals surface area contributed by atoms with Gasteiger partial charge < -0.3 is 5.11 Å². The van der Waals surface area contributed by atoms with Crippen molar-refractivity contribution in [3.8, 4) is 0 Å². The molecule has 4 nitrogen and oxygen atoms in total. The van der Waals surface area contributed by atoms with Gasteiger partial charge in [-0.3, -0.25) is 0 Å². The molecule has 0 amide bonds. The van der Waals surface area contributed by atoms with E-state index in [1.54, 1.807) is 6.07 Å². The zero-order chi connectivity index (χ0) is 12.4. The first kappa shape index (κ1) is 12.7. The van der Waals surface area contributed by atoms with Crippen LogP contribution in [0.1, 0.15) is 10.4 Å². The maximum atomic E-state index is 10.8. The van der Waals surface area contributed by atoms with Crippen LogP contribution >= 0.6 is 48.4 Å². The van der Waals surface area contributed by atoms with Crippen LogP contribution in [0.2, 0.25) is 5.15 Å². The maximum Gasteiger partial charge on any atom is 0.335 e. The first-order valence-corrected chi connectivity index (χ1v) is 7.55. The minimum atomic E-state index is -0.993. The molecule has 1 heterocycles. The lowest BCUT2D eigenvalue weighted by Crippen LogP contribution is -1.97. The van der Waals surface area contributed by atoms with E-state index < -0.39 is 5.97 Å². The molecule has 2 aromatic rings. The molecule has 0 atom stereocenters. The molecule has 0 spiro atoms. The van der Waals surface area contributed by atoms with Gasteiger partial charge in [0.25, 0.3) is 0 Å². The molecular weight excluding hydrogens is 348 g/mol. The van der Waals surface area contributed by atoms with E-state index in [-0.39, 0.29) is 5.56 Å². The Morgan fingerprint density at radius 2 is 2.29 bits per heavy atom. The Morgan fingerprint density at radius 3 is 2.88 bits per heavy atom. The third kappa shape index (κ3) is 2.92. The van der Waals surface area contributed by atoms with Crippen molar-refractivity contribution in [3.05, 3.63) is 38.1 Å². The lowest BCUT2D eigenvalue weighted by molar-refractivity contribution is 0.0697. The SMILES string of the molecule is O=C(O)c1ccc(Br)c(N=c2ssnc2Cl)c1. The highest BCUT2D eigenvalue weighted by atomic mass is 79.9. The van der Waals surface area contributed by atoms with Gasteiger partial charge >= 0.3 is 5.97 Å². The summed E-state index contributed by atoms with van der Waals surface area (Å²) in [5, 5.41) is 9.22. The maximum absolute atomic E-state index is 10.8. The summed E-state index contributed by atoms with van der Waals surface area (Å²) in [6.07, 6.45) is 0. The van der Waals surface area contributed by atoms with Crippen LogP contribution in [-0.2, 0) is 0 Å². The van der Waals surface area contributed by atoms with Gasteiger partial charge in [-0.05, 0) is 44.5 Å². The predicted octanol–water partition coefficient (Wildman–Crippen LogP) is 3.55. The van der Waals surface area contributed by atoms with Crippen molar-refractivity contribution in [2.45, 2.75) is 0 Å². The molecule has 0 unspecified atom stereocenters. The molecule has 1 N–H and O–H groups in total. The van der Waals surface area contributed by atoms with Crippen LogP contribution in [0.15, 0.2) is 27.7 Å². The summed E-state index contributed by atoms with van der Waals surface area (Å²) in [6.45, 7) is 0. The van der Waals surface area contributed by atoms with Crippen molar-refractivity contribution in [2.24, 2.45) is 4.99 Å². The van der Waals surface area contributed by atoms with Gasteiger partial charge in [0.1, 0.15) is 0 Å². The van der Waals surface area contributed by atoms with Crippen LogP contribution in [0.3, 0.4) is 0 Å². The topological polar surface area (TPSA) is 62.5 Å². The van der Waals surface area contributed by atoms with Gasteiger partial charge in [0, 0.05) is 15.0 Å². The van der Waals surface area contributed by atoms with Gasteiger partial charge in [-0.25, -0.2) is 9.79 Å². The summed E-state index contributed by atoms with van der Waals surface area (Å²) >= 11 is 9.14. The molecular formula is C9H4BrClN2O2S2. The highest BCUT2D eigenvalue weighted by molar-refractivity contribution is 9.10. The van der Waals surface area contributed by atoms with Gasteiger partial charge in [-0.1, -0.05) is 11.6 Å². The largest absolute Gasteiger partial charge is 0.478 e. The molecule has 0 radical (unpaired) electrons. The predicted molar refractivity (Wildman–Crippen MR) is 71.3 cm³/mol. The molecule has 1 aromatic heterocycles. The Bertz CT molecular complexity index is 638. The number of carbonyl (C=O) groups is 1. The summed E-state index contributed by atoms with van der Waals surface area (Å²) in [5.41, 5.74) is 0.694. The highest BCUT2D eigenvalue weighted by Crippen LogP contribution is 2.26. The number of aromatic nitrogens is 1. The summed E-state index contributed by atoms with van der Waals surface area (Å²) in [6, 6.07) is 4.62.